The van der Waals surface area contributed by atoms with Crippen LogP contribution in [0.25, 0.3) is 12.2 Å². The van der Waals surface area contributed by atoms with Gasteiger partial charge in [0.25, 0.3) is 5.89 Å². The zero-order valence-electron chi connectivity index (χ0n) is 14.7. The molecule has 9 heteroatoms. The van der Waals surface area contributed by atoms with Crippen LogP contribution in [0.4, 0.5) is 0 Å². The molecule has 1 saturated carbocycles. The van der Waals surface area contributed by atoms with Gasteiger partial charge in [0.05, 0.1) is 10.4 Å². The molecule has 142 valence electrons. The number of nitrogens with one attached hydrogen (secondary N) is 1. The summed E-state index contributed by atoms with van der Waals surface area (Å²) in [5, 5.41) is 3.95. The van der Waals surface area contributed by atoms with Crippen LogP contribution in [0.2, 0.25) is 0 Å². The maximum Gasteiger partial charge on any atom is 0.250 e. The highest BCUT2D eigenvalue weighted by atomic mass is 35.5. The van der Waals surface area contributed by atoms with Crippen LogP contribution in [0.5, 0.6) is 0 Å². The third-order valence-corrected chi connectivity index (χ3v) is 5.81. The van der Waals surface area contributed by atoms with E-state index < -0.39 is 15.6 Å². The highest BCUT2D eigenvalue weighted by Crippen LogP contribution is 2.36. The molecule has 1 aromatic heterocycles. The van der Waals surface area contributed by atoms with Crippen molar-refractivity contribution in [3.63, 3.8) is 0 Å². The van der Waals surface area contributed by atoms with Crippen LogP contribution in [-0.2, 0) is 15.6 Å². The summed E-state index contributed by atoms with van der Waals surface area (Å²) in [5.74, 6) is 0.921. The first-order chi connectivity index (χ1) is 11.8. The summed E-state index contributed by atoms with van der Waals surface area (Å²) in [5.41, 5.74) is 6.54. The van der Waals surface area contributed by atoms with Gasteiger partial charge in [-0.1, -0.05) is 17.3 Å². The largest absolute Gasteiger partial charge is 0.335 e. The minimum atomic E-state index is -3.48. The van der Waals surface area contributed by atoms with E-state index in [1.54, 1.807) is 50.3 Å². The number of nitrogens with two attached hydrogens (primary N) is 1. The lowest BCUT2D eigenvalue weighted by molar-refractivity contribution is 0.229. The van der Waals surface area contributed by atoms with Gasteiger partial charge in [0.1, 0.15) is 0 Å². The fraction of sp³-hybridized carbons (Fsp3) is 0.412. The number of nitrogens with zero attached hydrogens (tertiary/aromatic N) is 2. The molecule has 3 rings (SSSR count). The molecule has 2 aromatic rings. The molecular formula is C17H23ClN4O3S. The summed E-state index contributed by atoms with van der Waals surface area (Å²) in [4.78, 5) is 4.54. The van der Waals surface area contributed by atoms with E-state index in [-0.39, 0.29) is 23.3 Å². The average Bonchev–Trinajstić information content (AvgIpc) is 2.99. The van der Waals surface area contributed by atoms with Crippen LogP contribution >= 0.6 is 12.4 Å². The minimum absolute atomic E-state index is 0. The topological polar surface area (TPSA) is 111 Å². The number of benzene rings is 1. The molecular weight excluding hydrogens is 376 g/mol. The number of hydrogen-bond donors (Lipinski definition) is 2. The molecule has 0 bridgehead atoms. The Kier molecular flexibility index (Phi) is 6.23. The van der Waals surface area contributed by atoms with Crippen molar-refractivity contribution in [2.24, 2.45) is 5.73 Å². The van der Waals surface area contributed by atoms with Gasteiger partial charge < -0.3 is 10.3 Å². The summed E-state index contributed by atoms with van der Waals surface area (Å²) in [6.07, 6.45) is 6.30. The smallest absolute Gasteiger partial charge is 0.250 e. The summed E-state index contributed by atoms with van der Waals surface area (Å²) < 4.78 is 31.9. The number of aromatic nitrogens is 2. The Labute approximate surface area is 159 Å². The monoisotopic (exact) mass is 398 g/mol. The number of rotatable bonds is 6. The first kappa shape index (κ1) is 20.6. The second kappa shape index (κ2) is 7.87. The first-order valence-corrected chi connectivity index (χ1v) is 9.70. The number of hydrogen-bond acceptors (Lipinski definition) is 6. The van der Waals surface area contributed by atoms with E-state index in [1.165, 1.54) is 0 Å². The lowest BCUT2D eigenvalue weighted by Gasteiger charge is -2.34. The Bertz CT molecular complexity index is 872. The van der Waals surface area contributed by atoms with Crippen molar-refractivity contribution in [3.05, 3.63) is 41.5 Å². The van der Waals surface area contributed by atoms with Crippen LogP contribution < -0.4 is 10.5 Å². The molecule has 0 unspecified atom stereocenters. The zero-order valence-corrected chi connectivity index (χ0v) is 16.3. The van der Waals surface area contributed by atoms with Gasteiger partial charge in [-0.25, -0.2) is 13.1 Å². The van der Waals surface area contributed by atoms with E-state index in [0.717, 1.165) is 24.8 Å². The minimum Gasteiger partial charge on any atom is -0.335 e. The van der Waals surface area contributed by atoms with Crippen LogP contribution in [0.15, 0.2) is 33.7 Å². The van der Waals surface area contributed by atoms with Gasteiger partial charge in [-0.3, -0.25) is 0 Å². The summed E-state index contributed by atoms with van der Waals surface area (Å²) >= 11 is 0. The van der Waals surface area contributed by atoms with Crippen LogP contribution in [0, 0.1) is 0 Å². The van der Waals surface area contributed by atoms with Gasteiger partial charge in [-0.05, 0) is 56.9 Å². The van der Waals surface area contributed by atoms with E-state index in [4.69, 9.17) is 10.3 Å². The van der Waals surface area contributed by atoms with Gasteiger partial charge >= 0.3 is 0 Å². The molecule has 0 atom stereocenters. The van der Waals surface area contributed by atoms with Gasteiger partial charge in [-0.2, -0.15) is 4.98 Å². The van der Waals surface area contributed by atoms with Crippen molar-refractivity contribution >= 4 is 34.6 Å². The Morgan fingerprint density at radius 1 is 1.23 bits per heavy atom. The SMILES string of the molecule is CC(C)NS(=O)(=O)c1ccc(/C=C/c2nc(C3(N)CCC3)no2)cc1.Cl. The second-order valence-corrected chi connectivity index (χ2v) is 8.36. The molecule has 0 spiro atoms. The van der Waals surface area contributed by atoms with Crippen molar-refractivity contribution in [1.29, 1.82) is 0 Å². The van der Waals surface area contributed by atoms with E-state index in [1.807, 2.05) is 0 Å². The van der Waals surface area contributed by atoms with E-state index in [0.29, 0.717) is 11.7 Å². The van der Waals surface area contributed by atoms with Crippen molar-refractivity contribution in [2.75, 3.05) is 0 Å². The van der Waals surface area contributed by atoms with Gasteiger partial charge in [0, 0.05) is 12.1 Å². The Balaban J connectivity index is 0.00000243. The highest BCUT2D eigenvalue weighted by Gasteiger charge is 2.38. The summed E-state index contributed by atoms with van der Waals surface area (Å²) in [6.45, 7) is 3.56. The maximum absolute atomic E-state index is 12.1. The van der Waals surface area contributed by atoms with Gasteiger partial charge in [-0.15, -0.1) is 12.4 Å². The molecule has 1 aromatic carbocycles. The maximum atomic E-state index is 12.1. The molecule has 0 radical (unpaired) electrons. The number of halogens is 1. The number of sulfonamides is 1. The normalized spacial score (nSPS) is 16.5. The van der Waals surface area contributed by atoms with Crippen LogP contribution in [0.3, 0.4) is 0 Å². The third-order valence-electron chi connectivity index (χ3n) is 4.13. The molecule has 1 heterocycles. The van der Waals surface area contributed by atoms with Gasteiger partial charge in [0.2, 0.25) is 10.0 Å². The molecule has 1 fully saturated rings. The van der Waals surface area contributed by atoms with Gasteiger partial charge in [0.15, 0.2) is 5.82 Å². The van der Waals surface area contributed by atoms with Crippen LogP contribution in [0.1, 0.15) is 50.4 Å². The molecule has 3 N–H and O–H groups in total. The van der Waals surface area contributed by atoms with Crippen molar-refractivity contribution < 1.29 is 12.9 Å². The Hall–Kier alpha value is -1.74. The predicted molar refractivity (Wildman–Crippen MR) is 102 cm³/mol. The fourth-order valence-corrected chi connectivity index (χ4v) is 3.84. The first-order valence-electron chi connectivity index (χ1n) is 8.22. The average molecular weight is 399 g/mol. The van der Waals surface area contributed by atoms with Crippen molar-refractivity contribution in [1.82, 2.24) is 14.9 Å². The molecule has 7 nitrogen and oxygen atoms in total. The molecule has 0 saturated heterocycles. The Morgan fingerprint density at radius 3 is 2.42 bits per heavy atom. The molecule has 26 heavy (non-hydrogen) atoms. The quantitative estimate of drug-likeness (QED) is 0.773. The molecule has 0 aliphatic heterocycles. The second-order valence-electron chi connectivity index (χ2n) is 6.64. The van der Waals surface area contributed by atoms with E-state index >= 15 is 0 Å². The summed E-state index contributed by atoms with van der Waals surface area (Å²) in [6, 6.07) is 6.41. The lowest BCUT2D eigenvalue weighted by atomic mass is 9.77. The summed E-state index contributed by atoms with van der Waals surface area (Å²) in [7, 11) is -3.48. The fourth-order valence-electron chi connectivity index (χ4n) is 2.59. The van der Waals surface area contributed by atoms with E-state index in [2.05, 4.69) is 14.9 Å². The standard InChI is InChI=1S/C17H22N4O3S.ClH/c1-12(2)21-25(22,23)14-7-4-13(5-8-14)6-9-15-19-16(20-24-15)17(18)10-3-11-17;/h4-9,12,21H,3,10-11,18H2,1-2H3;1H/b9-6+;. The molecule has 1 aliphatic rings. The zero-order chi connectivity index (χ0) is 18.1. The highest BCUT2D eigenvalue weighted by molar-refractivity contribution is 7.89. The third kappa shape index (κ3) is 4.50. The molecule has 0 amide bonds. The molecule has 1 aliphatic carbocycles. The Morgan fingerprint density at radius 2 is 1.88 bits per heavy atom. The van der Waals surface area contributed by atoms with Crippen molar-refractivity contribution in [3.8, 4) is 0 Å². The van der Waals surface area contributed by atoms with Crippen molar-refractivity contribution in [2.45, 2.75) is 49.6 Å². The van der Waals surface area contributed by atoms with Crippen LogP contribution in [-0.4, -0.2) is 24.6 Å². The van der Waals surface area contributed by atoms with E-state index in [9.17, 15) is 8.42 Å². The lowest BCUT2D eigenvalue weighted by Crippen LogP contribution is -2.44. The predicted octanol–water partition coefficient (Wildman–Crippen LogP) is 2.69.